The van der Waals surface area contributed by atoms with E-state index in [2.05, 4.69) is 15.3 Å². The van der Waals surface area contributed by atoms with E-state index in [0.29, 0.717) is 23.0 Å². The van der Waals surface area contributed by atoms with E-state index in [1.54, 1.807) is 7.05 Å². The molecule has 1 heterocycles. The summed E-state index contributed by atoms with van der Waals surface area (Å²) in [5.74, 6) is 1.42. The van der Waals surface area contributed by atoms with Crippen molar-refractivity contribution >= 4 is 17.9 Å². The van der Waals surface area contributed by atoms with Crippen molar-refractivity contribution in [3.8, 4) is 11.4 Å². The molecule has 5 nitrogen and oxygen atoms in total. The maximum atomic E-state index is 7.28. The van der Waals surface area contributed by atoms with Gasteiger partial charge in [-0.25, -0.2) is 9.97 Å². The van der Waals surface area contributed by atoms with Gasteiger partial charge in [-0.1, -0.05) is 30.3 Å². The van der Waals surface area contributed by atoms with Crippen LogP contribution in [0.3, 0.4) is 0 Å². The number of nitrogen functional groups attached to an aromatic ring is 1. The number of hydrogen-bond acceptors (Lipinski definition) is 5. The second kappa shape index (κ2) is 4.61. The largest absolute Gasteiger partial charge is 0.383 e. The number of nitrogens with zero attached hydrogens (tertiary/aromatic N) is 2. The Kier molecular flexibility index (Phi) is 3.00. The van der Waals surface area contributed by atoms with Gasteiger partial charge >= 0.3 is 0 Å². The smallest absolute Gasteiger partial charge is 0.163 e. The van der Waals surface area contributed by atoms with Crippen LogP contribution >= 0.6 is 0 Å². The zero-order valence-electron chi connectivity index (χ0n) is 9.44. The Morgan fingerprint density at radius 1 is 1.24 bits per heavy atom. The Bertz CT molecular complexity index is 536. The van der Waals surface area contributed by atoms with Gasteiger partial charge in [0.05, 0.1) is 5.56 Å². The number of hydrogen-bond donors (Lipinski definition) is 3. The monoisotopic (exact) mass is 227 g/mol. The molecule has 1 aromatic heterocycles. The third-order valence-electron chi connectivity index (χ3n) is 2.39. The lowest BCUT2D eigenvalue weighted by Gasteiger charge is -2.09. The van der Waals surface area contributed by atoms with Gasteiger partial charge in [0.25, 0.3) is 0 Å². The van der Waals surface area contributed by atoms with E-state index < -0.39 is 0 Å². The minimum Gasteiger partial charge on any atom is -0.383 e. The van der Waals surface area contributed by atoms with E-state index in [0.717, 1.165) is 11.8 Å². The Morgan fingerprint density at radius 3 is 2.53 bits per heavy atom. The molecule has 0 aliphatic carbocycles. The number of anilines is 2. The number of benzene rings is 1. The molecular weight excluding hydrogens is 214 g/mol. The third-order valence-corrected chi connectivity index (χ3v) is 2.39. The molecule has 0 aliphatic rings. The molecule has 2 rings (SSSR count). The molecule has 1 aromatic carbocycles. The predicted octanol–water partition coefficient (Wildman–Crippen LogP) is 1.77. The van der Waals surface area contributed by atoms with Crippen molar-refractivity contribution in [1.29, 1.82) is 5.41 Å². The fourth-order valence-corrected chi connectivity index (χ4v) is 1.54. The van der Waals surface area contributed by atoms with Gasteiger partial charge < -0.3 is 16.5 Å². The second-order valence-corrected chi connectivity index (χ2v) is 3.46. The van der Waals surface area contributed by atoms with Gasteiger partial charge in [0.15, 0.2) is 5.82 Å². The molecule has 0 radical (unpaired) electrons. The molecule has 0 fully saturated rings. The Morgan fingerprint density at radius 2 is 1.94 bits per heavy atom. The molecule has 0 spiro atoms. The van der Waals surface area contributed by atoms with Gasteiger partial charge in [-0.15, -0.1) is 0 Å². The fourth-order valence-electron chi connectivity index (χ4n) is 1.54. The highest BCUT2D eigenvalue weighted by Gasteiger charge is 2.10. The van der Waals surface area contributed by atoms with E-state index in [1.165, 1.54) is 0 Å². The van der Waals surface area contributed by atoms with Gasteiger partial charge in [0, 0.05) is 18.8 Å². The Balaban J connectivity index is 2.58. The number of nitrogens with two attached hydrogens (primary N) is 1. The summed E-state index contributed by atoms with van der Waals surface area (Å²) in [6, 6.07) is 9.59. The van der Waals surface area contributed by atoms with Crippen molar-refractivity contribution in [2.45, 2.75) is 0 Å². The summed E-state index contributed by atoms with van der Waals surface area (Å²) in [6.45, 7) is 0. The lowest BCUT2D eigenvalue weighted by Crippen LogP contribution is -2.06. The Hall–Kier alpha value is -2.43. The van der Waals surface area contributed by atoms with Crippen molar-refractivity contribution < 1.29 is 0 Å². The topological polar surface area (TPSA) is 87.7 Å². The van der Waals surface area contributed by atoms with Crippen molar-refractivity contribution in [2.24, 2.45) is 0 Å². The van der Waals surface area contributed by atoms with E-state index in [-0.39, 0.29) is 0 Å². The van der Waals surface area contributed by atoms with Crippen LogP contribution < -0.4 is 11.1 Å². The SMILES string of the molecule is CNc1nc(-c2ccccc2)nc(N)c1C=N. The van der Waals surface area contributed by atoms with Gasteiger partial charge in [-0.3, -0.25) is 0 Å². The van der Waals surface area contributed by atoms with Gasteiger partial charge in [-0.2, -0.15) is 0 Å². The zero-order valence-corrected chi connectivity index (χ0v) is 9.44. The zero-order chi connectivity index (χ0) is 12.3. The summed E-state index contributed by atoms with van der Waals surface area (Å²) in [6.07, 6.45) is 1.15. The summed E-state index contributed by atoms with van der Waals surface area (Å²) in [7, 11) is 1.74. The molecule has 0 bridgehead atoms. The van der Waals surface area contributed by atoms with E-state index in [9.17, 15) is 0 Å². The summed E-state index contributed by atoms with van der Waals surface area (Å²) < 4.78 is 0. The summed E-state index contributed by atoms with van der Waals surface area (Å²) in [5.41, 5.74) is 7.21. The molecule has 0 unspecified atom stereocenters. The minimum absolute atomic E-state index is 0.304. The molecule has 4 N–H and O–H groups in total. The molecule has 2 aromatic rings. The molecule has 0 amide bonds. The normalized spacial score (nSPS) is 9.94. The first-order chi connectivity index (χ1) is 8.26. The first kappa shape index (κ1) is 11.1. The van der Waals surface area contributed by atoms with Crippen molar-refractivity contribution in [1.82, 2.24) is 9.97 Å². The number of rotatable bonds is 3. The van der Waals surface area contributed by atoms with Crippen molar-refractivity contribution in [2.75, 3.05) is 18.1 Å². The van der Waals surface area contributed by atoms with E-state index in [1.807, 2.05) is 30.3 Å². The summed E-state index contributed by atoms with van der Waals surface area (Å²) in [5, 5.41) is 10.2. The average molecular weight is 227 g/mol. The van der Waals surface area contributed by atoms with Crippen molar-refractivity contribution in [3.63, 3.8) is 0 Å². The maximum absolute atomic E-state index is 7.28. The van der Waals surface area contributed by atoms with Gasteiger partial charge in [0.2, 0.25) is 0 Å². The highest BCUT2D eigenvalue weighted by atomic mass is 15.0. The predicted molar refractivity (Wildman–Crippen MR) is 69.3 cm³/mol. The number of aromatic nitrogens is 2. The quantitative estimate of drug-likeness (QED) is 0.697. The average Bonchev–Trinajstić information content (AvgIpc) is 2.38. The summed E-state index contributed by atoms with van der Waals surface area (Å²) >= 11 is 0. The molecule has 0 atom stereocenters. The molecule has 17 heavy (non-hydrogen) atoms. The Labute approximate surface area is 99.2 Å². The highest BCUT2D eigenvalue weighted by Crippen LogP contribution is 2.22. The lowest BCUT2D eigenvalue weighted by atomic mass is 10.2. The van der Waals surface area contributed by atoms with E-state index >= 15 is 0 Å². The van der Waals surface area contributed by atoms with Gasteiger partial charge in [0.1, 0.15) is 11.6 Å². The van der Waals surface area contributed by atoms with Crippen LogP contribution in [0.1, 0.15) is 5.56 Å². The summed E-state index contributed by atoms with van der Waals surface area (Å²) in [4.78, 5) is 8.54. The van der Waals surface area contributed by atoms with E-state index in [4.69, 9.17) is 11.1 Å². The van der Waals surface area contributed by atoms with Crippen LogP contribution in [0.5, 0.6) is 0 Å². The first-order valence-electron chi connectivity index (χ1n) is 5.17. The van der Waals surface area contributed by atoms with Crippen LogP contribution in [0.2, 0.25) is 0 Å². The minimum atomic E-state index is 0.304. The fraction of sp³-hybridized carbons (Fsp3) is 0.0833. The molecule has 5 heteroatoms. The molecular formula is C12H13N5. The van der Waals surface area contributed by atoms with Crippen LogP contribution in [-0.2, 0) is 0 Å². The number of nitrogens with one attached hydrogen (secondary N) is 2. The lowest BCUT2D eigenvalue weighted by molar-refractivity contribution is 1.17. The third kappa shape index (κ3) is 2.08. The van der Waals surface area contributed by atoms with Crippen LogP contribution in [0.4, 0.5) is 11.6 Å². The maximum Gasteiger partial charge on any atom is 0.163 e. The molecule has 0 saturated heterocycles. The molecule has 0 saturated carbocycles. The van der Waals surface area contributed by atoms with Crippen LogP contribution in [0.25, 0.3) is 11.4 Å². The molecule has 86 valence electrons. The van der Waals surface area contributed by atoms with Crippen LogP contribution in [0, 0.1) is 5.41 Å². The highest BCUT2D eigenvalue weighted by molar-refractivity contribution is 5.90. The second-order valence-electron chi connectivity index (χ2n) is 3.46. The standard InChI is InChI=1S/C12H13N5/c1-15-12-9(7-13)10(14)16-11(17-12)8-5-3-2-4-6-8/h2-7,13H,1H3,(H3,14,15,16,17). The van der Waals surface area contributed by atoms with Crippen LogP contribution in [0.15, 0.2) is 30.3 Å². The molecule has 0 aliphatic heterocycles. The van der Waals surface area contributed by atoms with Crippen LogP contribution in [-0.4, -0.2) is 23.2 Å². The van der Waals surface area contributed by atoms with Crippen molar-refractivity contribution in [3.05, 3.63) is 35.9 Å². The first-order valence-corrected chi connectivity index (χ1v) is 5.17. The van der Waals surface area contributed by atoms with Gasteiger partial charge in [-0.05, 0) is 0 Å².